The van der Waals surface area contributed by atoms with Gasteiger partial charge in [-0.05, 0) is 36.2 Å². The summed E-state index contributed by atoms with van der Waals surface area (Å²) in [6, 6.07) is 6.21. The van der Waals surface area contributed by atoms with Gasteiger partial charge in [-0.15, -0.1) is 0 Å². The van der Waals surface area contributed by atoms with Crippen molar-refractivity contribution in [3.8, 4) is 5.75 Å². The van der Waals surface area contributed by atoms with E-state index < -0.39 is 5.82 Å². The molecular formula is C15H14ClFN2O2. The maximum Gasteiger partial charge on any atom is 0.254 e. The standard InChI is InChI=1S/C15H14ClFN2O2/c1-9-5-6-18-14(16)13(9)15(20)19-8-10-3-4-12(21-2)11(17)7-10/h3-7H,8H2,1-2H3,(H,19,20). The summed E-state index contributed by atoms with van der Waals surface area (Å²) < 4.78 is 18.4. The van der Waals surface area contributed by atoms with Gasteiger partial charge < -0.3 is 10.1 Å². The monoisotopic (exact) mass is 308 g/mol. The first kappa shape index (κ1) is 15.3. The Hall–Kier alpha value is -2.14. The van der Waals surface area contributed by atoms with Crippen LogP contribution < -0.4 is 10.1 Å². The number of methoxy groups -OCH3 is 1. The van der Waals surface area contributed by atoms with Crippen LogP contribution in [0.25, 0.3) is 0 Å². The van der Waals surface area contributed by atoms with E-state index >= 15 is 0 Å². The highest BCUT2D eigenvalue weighted by Crippen LogP contribution is 2.19. The second kappa shape index (κ2) is 6.54. The van der Waals surface area contributed by atoms with Gasteiger partial charge in [-0.25, -0.2) is 9.37 Å². The van der Waals surface area contributed by atoms with Crippen molar-refractivity contribution >= 4 is 17.5 Å². The molecule has 6 heteroatoms. The lowest BCUT2D eigenvalue weighted by Gasteiger charge is -2.09. The smallest absolute Gasteiger partial charge is 0.254 e. The van der Waals surface area contributed by atoms with Crippen LogP contribution in [-0.4, -0.2) is 18.0 Å². The topological polar surface area (TPSA) is 51.2 Å². The molecule has 2 aromatic rings. The van der Waals surface area contributed by atoms with Crippen molar-refractivity contribution < 1.29 is 13.9 Å². The molecule has 0 aliphatic carbocycles. The Morgan fingerprint density at radius 1 is 1.43 bits per heavy atom. The summed E-state index contributed by atoms with van der Waals surface area (Å²) in [7, 11) is 1.40. The summed E-state index contributed by atoms with van der Waals surface area (Å²) in [5.74, 6) is -0.655. The van der Waals surface area contributed by atoms with E-state index in [1.807, 2.05) is 0 Å². The zero-order valence-corrected chi connectivity index (χ0v) is 12.4. The highest BCUT2D eigenvalue weighted by atomic mass is 35.5. The molecule has 110 valence electrons. The minimum atomic E-state index is -0.472. The lowest BCUT2D eigenvalue weighted by molar-refractivity contribution is 0.0950. The molecule has 21 heavy (non-hydrogen) atoms. The van der Waals surface area contributed by atoms with Crippen LogP contribution in [0, 0.1) is 12.7 Å². The Morgan fingerprint density at radius 2 is 2.19 bits per heavy atom. The molecule has 1 amide bonds. The minimum Gasteiger partial charge on any atom is -0.494 e. The number of ether oxygens (including phenoxy) is 1. The lowest BCUT2D eigenvalue weighted by atomic mass is 10.1. The first-order valence-electron chi connectivity index (χ1n) is 6.24. The van der Waals surface area contributed by atoms with Crippen LogP contribution in [0.1, 0.15) is 21.5 Å². The second-order valence-corrected chi connectivity index (χ2v) is 4.80. The molecule has 0 radical (unpaired) electrons. The molecule has 0 aliphatic rings. The number of halogens is 2. The number of amides is 1. The number of hydrogen-bond acceptors (Lipinski definition) is 3. The zero-order valence-electron chi connectivity index (χ0n) is 11.6. The fourth-order valence-corrected chi connectivity index (χ4v) is 2.18. The molecule has 1 heterocycles. The molecule has 1 aromatic heterocycles. The van der Waals surface area contributed by atoms with Crippen LogP contribution in [0.4, 0.5) is 4.39 Å². The van der Waals surface area contributed by atoms with Crippen LogP contribution in [0.15, 0.2) is 30.5 Å². The molecule has 0 atom stereocenters. The van der Waals surface area contributed by atoms with Crippen molar-refractivity contribution in [2.24, 2.45) is 0 Å². The van der Waals surface area contributed by atoms with Gasteiger partial charge in [-0.3, -0.25) is 4.79 Å². The molecule has 0 fully saturated rings. The van der Waals surface area contributed by atoms with Crippen molar-refractivity contribution in [2.75, 3.05) is 7.11 Å². The van der Waals surface area contributed by atoms with Gasteiger partial charge in [0.05, 0.1) is 12.7 Å². The van der Waals surface area contributed by atoms with E-state index in [1.165, 1.54) is 25.4 Å². The van der Waals surface area contributed by atoms with Gasteiger partial charge in [0.1, 0.15) is 5.15 Å². The van der Waals surface area contributed by atoms with Crippen LogP contribution in [0.5, 0.6) is 5.75 Å². The summed E-state index contributed by atoms with van der Waals surface area (Å²) in [6.45, 7) is 1.96. The number of nitrogens with one attached hydrogen (secondary N) is 1. The lowest BCUT2D eigenvalue weighted by Crippen LogP contribution is -2.24. The van der Waals surface area contributed by atoms with Gasteiger partial charge in [0.2, 0.25) is 0 Å². The highest BCUT2D eigenvalue weighted by molar-refractivity contribution is 6.32. The van der Waals surface area contributed by atoms with E-state index in [9.17, 15) is 9.18 Å². The van der Waals surface area contributed by atoms with Crippen LogP contribution in [-0.2, 0) is 6.54 Å². The van der Waals surface area contributed by atoms with Crippen molar-refractivity contribution in [2.45, 2.75) is 13.5 Å². The summed E-state index contributed by atoms with van der Waals surface area (Å²) in [6.07, 6.45) is 1.54. The van der Waals surface area contributed by atoms with E-state index in [-0.39, 0.29) is 23.4 Å². The molecule has 2 rings (SSSR count). The Labute approximate surface area is 126 Å². The number of rotatable bonds is 4. The summed E-state index contributed by atoms with van der Waals surface area (Å²) in [5, 5.41) is 2.84. The number of aryl methyl sites for hydroxylation is 1. The number of carbonyl (C=O) groups is 1. The predicted molar refractivity (Wildman–Crippen MR) is 78.1 cm³/mol. The molecule has 1 N–H and O–H groups in total. The second-order valence-electron chi connectivity index (χ2n) is 4.45. The number of hydrogen-bond donors (Lipinski definition) is 1. The SMILES string of the molecule is COc1ccc(CNC(=O)c2c(C)ccnc2Cl)cc1F. The van der Waals surface area contributed by atoms with Gasteiger partial charge >= 0.3 is 0 Å². The van der Waals surface area contributed by atoms with Gasteiger partial charge in [0, 0.05) is 12.7 Å². The largest absolute Gasteiger partial charge is 0.494 e. The summed E-state index contributed by atoms with van der Waals surface area (Å²) in [5.41, 5.74) is 1.68. The quantitative estimate of drug-likeness (QED) is 0.883. The first-order chi connectivity index (χ1) is 10.0. The minimum absolute atomic E-state index is 0.147. The van der Waals surface area contributed by atoms with E-state index in [2.05, 4.69) is 10.3 Å². The zero-order chi connectivity index (χ0) is 15.4. The third-order valence-electron chi connectivity index (χ3n) is 3.01. The maximum atomic E-state index is 13.6. The number of pyridine rings is 1. The number of carbonyl (C=O) groups excluding carboxylic acids is 1. The maximum absolute atomic E-state index is 13.6. The number of nitrogens with zero attached hydrogens (tertiary/aromatic N) is 1. The van der Waals surface area contributed by atoms with Gasteiger partial charge in [-0.2, -0.15) is 0 Å². The van der Waals surface area contributed by atoms with Gasteiger partial charge in [0.25, 0.3) is 5.91 Å². The van der Waals surface area contributed by atoms with Crippen molar-refractivity contribution in [3.05, 3.63) is 58.1 Å². The van der Waals surface area contributed by atoms with Gasteiger partial charge in [-0.1, -0.05) is 17.7 Å². The van der Waals surface area contributed by atoms with E-state index in [4.69, 9.17) is 16.3 Å². The highest BCUT2D eigenvalue weighted by Gasteiger charge is 2.14. The fourth-order valence-electron chi connectivity index (χ4n) is 1.89. The molecule has 0 saturated heterocycles. The van der Waals surface area contributed by atoms with Crippen LogP contribution in [0.2, 0.25) is 5.15 Å². The molecule has 0 bridgehead atoms. The van der Waals surface area contributed by atoms with Crippen LogP contribution in [0.3, 0.4) is 0 Å². The third-order valence-corrected chi connectivity index (χ3v) is 3.30. The average Bonchev–Trinajstić information content (AvgIpc) is 2.45. The normalized spacial score (nSPS) is 10.3. The molecule has 0 saturated carbocycles. The third kappa shape index (κ3) is 3.49. The average molecular weight is 309 g/mol. The molecular weight excluding hydrogens is 295 g/mol. The Morgan fingerprint density at radius 3 is 2.81 bits per heavy atom. The van der Waals surface area contributed by atoms with Gasteiger partial charge in [0.15, 0.2) is 11.6 Å². The Balaban J connectivity index is 2.09. The molecule has 0 spiro atoms. The van der Waals surface area contributed by atoms with E-state index in [1.54, 1.807) is 19.1 Å². The molecule has 1 aromatic carbocycles. The first-order valence-corrected chi connectivity index (χ1v) is 6.62. The summed E-state index contributed by atoms with van der Waals surface area (Å²) >= 11 is 5.92. The predicted octanol–water partition coefficient (Wildman–Crippen LogP) is 3.12. The molecule has 4 nitrogen and oxygen atoms in total. The molecule has 0 unspecified atom stereocenters. The van der Waals surface area contributed by atoms with Crippen LogP contribution >= 0.6 is 11.6 Å². The van der Waals surface area contributed by atoms with Crippen molar-refractivity contribution in [1.82, 2.24) is 10.3 Å². The molecule has 0 aliphatic heterocycles. The number of aromatic nitrogens is 1. The Kier molecular flexibility index (Phi) is 4.75. The summed E-state index contributed by atoms with van der Waals surface area (Å²) in [4.78, 5) is 16.0. The van der Waals surface area contributed by atoms with E-state index in [0.717, 1.165) is 5.56 Å². The van der Waals surface area contributed by atoms with Crippen molar-refractivity contribution in [1.29, 1.82) is 0 Å². The Bertz CT molecular complexity index is 656. The number of benzene rings is 1. The fraction of sp³-hybridized carbons (Fsp3) is 0.200. The van der Waals surface area contributed by atoms with E-state index in [0.29, 0.717) is 11.1 Å². The van der Waals surface area contributed by atoms with Crippen molar-refractivity contribution in [3.63, 3.8) is 0 Å².